The minimum absolute atomic E-state index is 0.135. The maximum Gasteiger partial charge on any atom is 0.316 e. The predicted molar refractivity (Wildman–Crippen MR) is 103 cm³/mol. The molecule has 0 N–H and O–H groups in total. The fourth-order valence-electron chi connectivity index (χ4n) is 3.48. The van der Waals surface area contributed by atoms with Gasteiger partial charge in [0.15, 0.2) is 0 Å². The smallest absolute Gasteiger partial charge is 0.316 e. The van der Waals surface area contributed by atoms with Crippen molar-refractivity contribution in [2.24, 2.45) is 0 Å². The molecule has 0 bridgehead atoms. The molecule has 25 heavy (non-hydrogen) atoms. The van der Waals surface area contributed by atoms with Gasteiger partial charge in [-0.3, -0.25) is 0 Å². The fraction of sp³-hybridized carbons (Fsp3) is 0.364. The first kappa shape index (κ1) is 17.4. The summed E-state index contributed by atoms with van der Waals surface area (Å²) in [6.07, 6.45) is 7.77. The zero-order valence-electron chi connectivity index (χ0n) is 15.1. The summed E-state index contributed by atoms with van der Waals surface area (Å²) in [5.41, 5.74) is 1.42. The van der Waals surface area contributed by atoms with E-state index in [1.807, 2.05) is 6.07 Å². The van der Waals surface area contributed by atoms with Crippen molar-refractivity contribution in [3.8, 4) is 6.01 Å². The summed E-state index contributed by atoms with van der Waals surface area (Å²) in [5.74, 6) is 0.464. The third kappa shape index (κ3) is 4.36. The number of benzene rings is 2. The average Bonchev–Trinajstić information content (AvgIpc) is 2.66. The molecule has 2 unspecified atom stereocenters. The maximum atomic E-state index is 6.10. The minimum atomic E-state index is 0.135. The van der Waals surface area contributed by atoms with Crippen LogP contribution in [0.1, 0.15) is 51.0 Å². The zero-order chi connectivity index (χ0) is 17.5. The third-order valence-electron chi connectivity index (χ3n) is 4.73. The van der Waals surface area contributed by atoms with E-state index >= 15 is 0 Å². The minimum Gasteiger partial charge on any atom is -0.460 e. The molecule has 0 amide bonds. The topological polar surface area (TPSA) is 35.0 Å². The Morgan fingerprint density at radius 1 is 0.920 bits per heavy atom. The van der Waals surface area contributed by atoms with Gasteiger partial charge in [0.2, 0.25) is 0 Å². The van der Waals surface area contributed by atoms with Gasteiger partial charge in [0.25, 0.3) is 0 Å². The van der Waals surface area contributed by atoms with Crippen molar-refractivity contribution in [3.05, 3.63) is 66.5 Å². The van der Waals surface area contributed by atoms with Gasteiger partial charge < -0.3 is 4.74 Å². The summed E-state index contributed by atoms with van der Waals surface area (Å²) in [5, 5.41) is 2.65. The number of ether oxygens (including phenoxy) is 1. The number of nitrogens with zero attached hydrogens (tertiary/aromatic N) is 2. The second-order valence-electron chi connectivity index (χ2n) is 6.47. The van der Waals surface area contributed by atoms with Crippen molar-refractivity contribution in [1.29, 1.82) is 0 Å². The van der Waals surface area contributed by atoms with Crippen LogP contribution in [0.4, 0.5) is 0 Å². The average molecular weight is 334 g/mol. The molecule has 3 heteroatoms. The molecule has 0 aliphatic heterocycles. The van der Waals surface area contributed by atoms with Crippen molar-refractivity contribution in [1.82, 2.24) is 9.97 Å². The van der Waals surface area contributed by atoms with Gasteiger partial charge in [0, 0.05) is 12.4 Å². The number of hydrogen-bond donors (Lipinski definition) is 0. The third-order valence-corrected chi connectivity index (χ3v) is 4.73. The van der Waals surface area contributed by atoms with Gasteiger partial charge in [-0.1, -0.05) is 62.7 Å². The van der Waals surface area contributed by atoms with Crippen LogP contribution in [0.2, 0.25) is 0 Å². The quantitative estimate of drug-likeness (QED) is 0.525. The van der Waals surface area contributed by atoms with Gasteiger partial charge in [-0.05, 0) is 47.6 Å². The lowest BCUT2D eigenvalue weighted by Crippen LogP contribution is -2.21. The highest BCUT2D eigenvalue weighted by Gasteiger charge is 2.20. The predicted octanol–water partition coefficient (Wildman–Crippen LogP) is 5.76. The monoisotopic (exact) mass is 334 g/mol. The molecule has 0 aliphatic carbocycles. The molecule has 0 aliphatic rings. The van der Waals surface area contributed by atoms with Crippen LogP contribution in [-0.4, -0.2) is 16.1 Å². The normalized spacial score (nSPS) is 13.5. The molecule has 2 atom stereocenters. The second-order valence-corrected chi connectivity index (χ2v) is 6.47. The lowest BCUT2D eigenvalue weighted by atomic mass is 9.86. The Morgan fingerprint density at radius 2 is 1.68 bits per heavy atom. The molecular weight excluding hydrogens is 308 g/mol. The zero-order valence-corrected chi connectivity index (χ0v) is 15.1. The molecule has 0 saturated heterocycles. The summed E-state index contributed by atoms with van der Waals surface area (Å²) in [6, 6.07) is 17.5. The van der Waals surface area contributed by atoms with E-state index in [1.54, 1.807) is 12.4 Å². The Morgan fingerprint density at radius 3 is 2.44 bits per heavy atom. The molecule has 3 nitrogen and oxygen atoms in total. The molecule has 0 saturated carbocycles. The van der Waals surface area contributed by atoms with Crippen LogP contribution in [0.5, 0.6) is 6.01 Å². The summed E-state index contributed by atoms with van der Waals surface area (Å²) < 4.78 is 6.10. The molecular formula is C22H26N2O. The highest BCUT2D eigenvalue weighted by molar-refractivity contribution is 5.86. The van der Waals surface area contributed by atoms with E-state index in [-0.39, 0.29) is 6.10 Å². The highest BCUT2D eigenvalue weighted by atomic mass is 16.5. The van der Waals surface area contributed by atoms with Crippen molar-refractivity contribution < 1.29 is 4.74 Å². The molecule has 3 rings (SSSR count). The van der Waals surface area contributed by atoms with Gasteiger partial charge in [0.05, 0.1) is 0 Å². The largest absolute Gasteiger partial charge is 0.460 e. The first-order valence-electron chi connectivity index (χ1n) is 9.23. The van der Waals surface area contributed by atoms with E-state index in [9.17, 15) is 0 Å². The van der Waals surface area contributed by atoms with Gasteiger partial charge in [0.1, 0.15) is 6.10 Å². The Kier molecular flexibility index (Phi) is 5.99. The molecule has 0 fully saturated rings. The molecule has 2 aromatic carbocycles. The van der Waals surface area contributed by atoms with Crippen molar-refractivity contribution in [2.75, 3.05) is 0 Å². The van der Waals surface area contributed by atoms with Crippen LogP contribution < -0.4 is 4.74 Å². The van der Waals surface area contributed by atoms with Crippen LogP contribution in [0.15, 0.2) is 60.9 Å². The van der Waals surface area contributed by atoms with Gasteiger partial charge in [-0.2, -0.15) is 0 Å². The highest BCUT2D eigenvalue weighted by Crippen LogP contribution is 2.32. The standard InChI is InChI=1S/C22H26N2O/c1-3-9-19(25-22-23-14-8-15-24-22)16-17(4-2)20-13-7-11-18-10-5-6-12-21(18)20/h5-8,10-15,17,19H,3-4,9,16H2,1-2H3. The molecule has 130 valence electrons. The van der Waals surface area contributed by atoms with E-state index in [2.05, 4.69) is 66.3 Å². The Hall–Kier alpha value is -2.42. The Labute approximate surface area is 150 Å². The van der Waals surface area contributed by atoms with Crippen LogP contribution >= 0.6 is 0 Å². The van der Waals surface area contributed by atoms with Crippen LogP contribution in [0, 0.1) is 0 Å². The lowest BCUT2D eigenvalue weighted by Gasteiger charge is -2.24. The molecule has 3 aromatic rings. The van der Waals surface area contributed by atoms with Crippen LogP contribution in [0.3, 0.4) is 0 Å². The van der Waals surface area contributed by atoms with Crippen molar-refractivity contribution >= 4 is 10.8 Å². The maximum absolute atomic E-state index is 6.10. The number of hydrogen-bond acceptors (Lipinski definition) is 3. The van der Waals surface area contributed by atoms with E-state index < -0.39 is 0 Å². The van der Waals surface area contributed by atoms with Crippen molar-refractivity contribution in [3.63, 3.8) is 0 Å². The second kappa shape index (κ2) is 8.61. The van der Waals surface area contributed by atoms with Crippen molar-refractivity contribution in [2.45, 2.75) is 51.6 Å². The van der Waals surface area contributed by atoms with Gasteiger partial charge in [-0.25, -0.2) is 9.97 Å². The van der Waals surface area contributed by atoms with E-state index in [0.717, 1.165) is 25.7 Å². The number of aromatic nitrogens is 2. The summed E-state index contributed by atoms with van der Waals surface area (Å²) in [6.45, 7) is 4.45. The van der Waals surface area contributed by atoms with Gasteiger partial charge >= 0.3 is 6.01 Å². The Balaban J connectivity index is 1.83. The molecule has 0 spiro atoms. The summed E-state index contributed by atoms with van der Waals surface area (Å²) in [7, 11) is 0. The first-order chi connectivity index (χ1) is 12.3. The summed E-state index contributed by atoms with van der Waals surface area (Å²) in [4.78, 5) is 8.45. The first-order valence-corrected chi connectivity index (χ1v) is 9.23. The molecule has 1 heterocycles. The van der Waals surface area contributed by atoms with E-state index in [4.69, 9.17) is 4.74 Å². The number of fused-ring (bicyclic) bond motifs is 1. The van der Waals surface area contributed by atoms with E-state index in [1.165, 1.54) is 16.3 Å². The van der Waals surface area contributed by atoms with E-state index in [0.29, 0.717) is 11.9 Å². The molecule has 1 aromatic heterocycles. The molecule has 0 radical (unpaired) electrons. The van der Waals surface area contributed by atoms with Crippen LogP contribution in [-0.2, 0) is 0 Å². The lowest BCUT2D eigenvalue weighted by molar-refractivity contribution is 0.155. The van der Waals surface area contributed by atoms with Gasteiger partial charge in [-0.15, -0.1) is 0 Å². The summed E-state index contributed by atoms with van der Waals surface area (Å²) >= 11 is 0. The van der Waals surface area contributed by atoms with Crippen LogP contribution in [0.25, 0.3) is 10.8 Å². The SMILES string of the molecule is CCCC(CC(CC)c1cccc2ccccc12)Oc1ncccn1. The Bertz CT molecular complexity index is 783. The number of rotatable bonds is 8. The fourth-order valence-corrected chi connectivity index (χ4v) is 3.48.